The van der Waals surface area contributed by atoms with Gasteiger partial charge in [-0.25, -0.2) is 8.78 Å². The molecule has 0 aromatic heterocycles. The van der Waals surface area contributed by atoms with Gasteiger partial charge in [-0.1, -0.05) is 25.8 Å². The maximum absolute atomic E-state index is 14.5. The van der Waals surface area contributed by atoms with Crippen molar-refractivity contribution in [2.75, 3.05) is 14.2 Å². The van der Waals surface area contributed by atoms with Crippen molar-refractivity contribution in [2.45, 2.75) is 51.2 Å². The van der Waals surface area contributed by atoms with E-state index in [9.17, 15) is 8.78 Å². The first kappa shape index (κ1) is 16.4. The molecule has 1 saturated carbocycles. The Morgan fingerprint density at radius 3 is 2.67 bits per heavy atom. The molecule has 2 nitrogen and oxygen atoms in total. The third kappa shape index (κ3) is 2.97. The summed E-state index contributed by atoms with van der Waals surface area (Å²) >= 11 is 0. The molecule has 0 saturated heterocycles. The van der Waals surface area contributed by atoms with Crippen LogP contribution in [0.25, 0.3) is 0 Å². The Labute approximate surface area is 125 Å². The Balaban J connectivity index is 2.50. The number of methoxy groups -OCH3 is 1. The molecule has 4 heteroatoms. The highest BCUT2D eigenvalue weighted by atomic mass is 19.1. The standard InChI is InChI=1S/C17H25F2NO/c1-11-6-5-9-17(10-11,21-4)16(20-3)14-13(18)8-7-12(2)15(14)19/h7-8,11,16,20H,5-6,9-10H2,1-4H3. The fraction of sp³-hybridized carbons (Fsp3) is 0.647. The number of ether oxygens (including phenoxy) is 1. The molecule has 2 rings (SSSR count). The zero-order valence-corrected chi connectivity index (χ0v) is 13.3. The smallest absolute Gasteiger partial charge is 0.133 e. The minimum atomic E-state index is -0.554. The van der Waals surface area contributed by atoms with Gasteiger partial charge in [0.2, 0.25) is 0 Å². The normalized spacial score (nSPS) is 27.6. The SMILES string of the molecule is CNC(c1c(F)ccc(C)c1F)C1(OC)CCCC(C)C1. The van der Waals surface area contributed by atoms with Gasteiger partial charge in [0.15, 0.2) is 0 Å². The van der Waals surface area contributed by atoms with Gasteiger partial charge in [-0.15, -0.1) is 0 Å². The van der Waals surface area contributed by atoms with Crippen LogP contribution in [-0.4, -0.2) is 19.8 Å². The number of hydrogen-bond donors (Lipinski definition) is 1. The zero-order valence-electron chi connectivity index (χ0n) is 13.3. The summed E-state index contributed by atoms with van der Waals surface area (Å²) in [6, 6.07) is 2.34. The number of hydrogen-bond acceptors (Lipinski definition) is 2. The van der Waals surface area contributed by atoms with E-state index < -0.39 is 23.3 Å². The van der Waals surface area contributed by atoms with E-state index in [4.69, 9.17) is 4.74 Å². The summed E-state index contributed by atoms with van der Waals surface area (Å²) in [4.78, 5) is 0. The topological polar surface area (TPSA) is 21.3 Å². The van der Waals surface area contributed by atoms with Gasteiger partial charge < -0.3 is 10.1 Å². The van der Waals surface area contributed by atoms with E-state index in [0.29, 0.717) is 11.5 Å². The summed E-state index contributed by atoms with van der Waals surface area (Å²) in [7, 11) is 3.39. The van der Waals surface area contributed by atoms with Crippen molar-refractivity contribution in [1.29, 1.82) is 0 Å². The Bertz CT molecular complexity index is 506. The van der Waals surface area contributed by atoms with Crippen LogP contribution in [0, 0.1) is 24.5 Å². The highest BCUT2D eigenvalue weighted by molar-refractivity contribution is 5.31. The van der Waals surface area contributed by atoms with Crippen LogP contribution < -0.4 is 5.32 Å². The van der Waals surface area contributed by atoms with Crippen molar-refractivity contribution < 1.29 is 13.5 Å². The average Bonchev–Trinajstić information content (AvgIpc) is 2.47. The molecular weight excluding hydrogens is 272 g/mol. The molecule has 0 bridgehead atoms. The number of rotatable bonds is 4. The van der Waals surface area contributed by atoms with Gasteiger partial charge in [-0.2, -0.15) is 0 Å². The quantitative estimate of drug-likeness (QED) is 0.902. The van der Waals surface area contributed by atoms with Crippen LogP contribution in [0.15, 0.2) is 12.1 Å². The molecule has 1 aliphatic rings. The van der Waals surface area contributed by atoms with E-state index in [-0.39, 0.29) is 5.56 Å². The van der Waals surface area contributed by atoms with E-state index in [2.05, 4.69) is 12.2 Å². The van der Waals surface area contributed by atoms with Gasteiger partial charge >= 0.3 is 0 Å². The number of benzene rings is 1. The van der Waals surface area contributed by atoms with Crippen LogP contribution in [0.4, 0.5) is 8.78 Å². The van der Waals surface area contributed by atoms with Crippen LogP contribution in [-0.2, 0) is 4.74 Å². The highest BCUT2D eigenvalue weighted by Crippen LogP contribution is 2.44. The summed E-state index contributed by atoms with van der Waals surface area (Å²) < 4.78 is 34.6. The largest absolute Gasteiger partial charge is 0.376 e. The number of likely N-dealkylation sites (N-methyl/N-ethyl adjacent to an activating group) is 1. The molecule has 0 heterocycles. The Morgan fingerprint density at radius 1 is 1.38 bits per heavy atom. The fourth-order valence-corrected chi connectivity index (χ4v) is 3.72. The Kier molecular flexibility index (Phi) is 4.99. The lowest BCUT2D eigenvalue weighted by atomic mass is 9.72. The second-order valence-electron chi connectivity index (χ2n) is 6.28. The van der Waals surface area contributed by atoms with Crippen LogP contribution in [0.5, 0.6) is 0 Å². The maximum atomic E-state index is 14.5. The monoisotopic (exact) mass is 297 g/mol. The molecule has 3 atom stereocenters. The molecule has 118 valence electrons. The van der Waals surface area contributed by atoms with Crippen LogP contribution in [0.3, 0.4) is 0 Å². The summed E-state index contributed by atoms with van der Waals surface area (Å²) in [5, 5.41) is 3.10. The van der Waals surface area contributed by atoms with E-state index in [0.717, 1.165) is 25.7 Å². The van der Waals surface area contributed by atoms with Crippen molar-refractivity contribution in [2.24, 2.45) is 5.92 Å². The third-order valence-electron chi connectivity index (χ3n) is 4.82. The van der Waals surface area contributed by atoms with E-state index in [1.165, 1.54) is 12.1 Å². The molecule has 1 aliphatic carbocycles. The van der Waals surface area contributed by atoms with Gasteiger partial charge in [0, 0.05) is 12.7 Å². The van der Waals surface area contributed by atoms with E-state index >= 15 is 0 Å². The fourth-order valence-electron chi connectivity index (χ4n) is 3.72. The first-order valence-corrected chi connectivity index (χ1v) is 7.62. The molecule has 0 amide bonds. The summed E-state index contributed by atoms with van der Waals surface area (Å²) in [6.45, 7) is 3.83. The molecule has 1 aromatic rings. The lowest BCUT2D eigenvalue weighted by Gasteiger charge is -2.44. The number of halogens is 2. The third-order valence-corrected chi connectivity index (χ3v) is 4.82. The van der Waals surface area contributed by atoms with Crippen LogP contribution >= 0.6 is 0 Å². The maximum Gasteiger partial charge on any atom is 0.133 e. The lowest BCUT2D eigenvalue weighted by molar-refractivity contribution is -0.0804. The molecule has 21 heavy (non-hydrogen) atoms. The molecule has 1 N–H and O–H groups in total. The van der Waals surface area contributed by atoms with Gasteiger partial charge in [-0.3, -0.25) is 0 Å². The number of aryl methyl sites for hydroxylation is 1. The van der Waals surface area contributed by atoms with Crippen molar-refractivity contribution in [3.05, 3.63) is 34.9 Å². The molecule has 0 radical (unpaired) electrons. The van der Waals surface area contributed by atoms with E-state index in [1.807, 2.05) is 0 Å². The molecule has 0 spiro atoms. The first-order valence-electron chi connectivity index (χ1n) is 7.62. The second kappa shape index (κ2) is 6.41. The minimum absolute atomic E-state index is 0.105. The van der Waals surface area contributed by atoms with Crippen molar-refractivity contribution >= 4 is 0 Å². The predicted molar refractivity (Wildman–Crippen MR) is 80.3 cm³/mol. The second-order valence-corrected chi connectivity index (χ2v) is 6.28. The molecular formula is C17H25F2NO. The molecule has 3 unspecified atom stereocenters. The van der Waals surface area contributed by atoms with Crippen LogP contribution in [0.1, 0.15) is 49.8 Å². The van der Waals surface area contributed by atoms with Gasteiger partial charge in [0.05, 0.1) is 11.6 Å². The van der Waals surface area contributed by atoms with Gasteiger partial charge in [0.1, 0.15) is 11.6 Å². The first-order chi connectivity index (χ1) is 9.95. The van der Waals surface area contributed by atoms with E-state index in [1.54, 1.807) is 21.1 Å². The lowest BCUT2D eigenvalue weighted by Crippen LogP contribution is -2.48. The predicted octanol–water partition coefficient (Wildman–Crippen LogP) is 4.13. The molecule has 0 aliphatic heterocycles. The highest BCUT2D eigenvalue weighted by Gasteiger charge is 2.44. The van der Waals surface area contributed by atoms with Crippen molar-refractivity contribution in [3.63, 3.8) is 0 Å². The van der Waals surface area contributed by atoms with Crippen molar-refractivity contribution in [3.8, 4) is 0 Å². The molecule has 1 aromatic carbocycles. The summed E-state index contributed by atoms with van der Waals surface area (Å²) in [5.41, 5.74) is 0.0113. The molecule has 1 fully saturated rings. The van der Waals surface area contributed by atoms with Crippen LogP contribution in [0.2, 0.25) is 0 Å². The Hall–Kier alpha value is -1.00. The van der Waals surface area contributed by atoms with Crippen molar-refractivity contribution in [1.82, 2.24) is 5.32 Å². The number of nitrogens with one attached hydrogen (secondary N) is 1. The zero-order chi connectivity index (χ0) is 15.6. The summed E-state index contributed by atoms with van der Waals surface area (Å²) in [6.07, 6.45) is 3.77. The Morgan fingerprint density at radius 2 is 2.10 bits per heavy atom. The van der Waals surface area contributed by atoms with Gasteiger partial charge in [-0.05, 0) is 44.4 Å². The van der Waals surface area contributed by atoms with Gasteiger partial charge in [0.25, 0.3) is 0 Å². The summed E-state index contributed by atoms with van der Waals surface area (Å²) in [5.74, 6) is -0.485. The average molecular weight is 297 g/mol. The minimum Gasteiger partial charge on any atom is -0.376 e.